The Labute approximate surface area is 200 Å². The summed E-state index contributed by atoms with van der Waals surface area (Å²) in [6.07, 6.45) is 1.83. The second-order valence-electron chi connectivity index (χ2n) is 8.30. The van der Waals surface area contributed by atoms with Gasteiger partial charge >= 0.3 is 0 Å². The molecular weight excluding hydrogens is 450 g/mol. The fourth-order valence-electron chi connectivity index (χ4n) is 4.21. The lowest BCUT2D eigenvalue weighted by molar-refractivity contribution is -0.121. The first-order valence-electron chi connectivity index (χ1n) is 11.2. The van der Waals surface area contributed by atoms with Crippen LogP contribution in [-0.2, 0) is 11.2 Å². The SMILES string of the molecule is O=C(CC(c1cc2c(cc1O)OCO2)c1coc2ccccc2c1=O)NCCc1ccc(O)cc1. The number of phenols is 2. The highest BCUT2D eigenvalue weighted by molar-refractivity contribution is 5.80. The number of benzene rings is 3. The van der Waals surface area contributed by atoms with Gasteiger partial charge in [-0.05, 0) is 42.3 Å². The third-order valence-corrected chi connectivity index (χ3v) is 6.04. The van der Waals surface area contributed by atoms with Crippen molar-refractivity contribution in [3.05, 3.63) is 93.8 Å². The standard InChI is InChI=1S/C27H23NO7/c29-17-7-5-16(6-8-17)9-10-28-26(31)12-19(20-11-24-25(13-22(20)30)35-15-34-24)21-14-33-23-4-2-1-3-18(23)27(21)32/h1-8,11,13-14,19,29-30H,9-10,12,15H2,(H,28,31). The van der Waals surface area contributed by atoms with Gasteiger partial charge in [0, 0.05) is 36.1 Å². The molecule has 0 spiro atoms. The third kappa shape index (κ3) is 4.63. The first kappa shape index (κ1) is 22.3. The minimum absolute atomic E-state index is 0.0265. The molecule has 0 radical (unpaired) electrons. The summed E-state index contributed by atoms with van der Waals surface area (Å²) in [6, 6.07) is 16.7. The molecule has 3 N–H and O–H groups in total. The molecule has 4 aromatic rings. The number of para-hydroxylation sites is 1. The minimum atomic E-state index is -0.779. The van der Waals surface area contributed by atoms with Crippen LogP contribution < -0.4 is 20.2 Å². The largest absolute Gasteiger partial charge is 0.508 e. The summed E-state index contributed by atoms with van der Waals surface area (Å²) in [5.74, 6) is -0.172. The number of aromatic hydroxyl groups is 2. The Morgan fingerprint density at radius 3 is 2.51 bits per heavy atom. The van der Waals surface area contributed by atoms with Crippen LogP contribution in [0.4, 0.5) is 0 Å². The van der Waals surface area contributed by atoms with Crippen molar-refractivity contribution in [3.8, 4) is 23.0 Å². The first-order valence-corrected chi connectivity index (χ1v) is 11.2. The average molecular weight is 473 g/mol. The van der Waals surface area contributed by atoms with Gasteiger partial charge < -0.3 is 29.4 Å². The number of ether oxygens (including phenoxy) is 2. The Balaban J connectivity index is 1.44. The molecule has 8 nitrogen and oxygen atoms in total. The van der Waals surface area contributed by atoms with Crippen molar-refractivity contribution in [3.63, 3.8) is 0 Å². The van der Waals surface area contributed by atoms with E-state index in [0.29, 0.717) is 41.0 Å². The van der Waals surface area contributed by atoms with Crippen LogP contribution >= 0.6 is 0 Å². The van der Waals surface area contributed by atoms with E-state index in [1.165, 1.54) is 12.3 Å². The van der Waals surface area contributed by atoms with E-state index in [1.54, 1.807) is 54.6 Å². The molecule has 0 saturated heterocycles. The Morgan fingerprint density at radius 2 is 1.71 bits per heavy atom. The summed E-state index contributed by atoms with van der Waals surface area (Å²) < 4.78 is 16.5. The summed E-state index contributed by atoms with van der Waals surface area (Å²) in [5.41, 5.74) is 1.75. The molecular formula is C27H23NO7. The summed E-state index contributed by atoms with van der Waals surface area (Å²) in [7, 11) is 0. The second-order valence-corrected chi connectivity index (χ2v) is 8.30. The highest BCUT2D eigenvalue weighted by Crippen LogP contribution is 2.42. The summed E-state index contributed by atoms with van der Waals surface area (Å²) in [6.45, 7) is 0.397. The summed E-state index contributed by atoms with van der Waals surface area (Å²) in [4.78, 5) is 26.3. The number of hydrogen-bond acceptors (Lipinski definition) is 7. The van der Waals surface area contributed by atoms with E-state index in [-0.39, 0.29) is 41.6 Å². The van der Waals surface area contributed by atoms with Crippen LogP contribution in [-0.4, -0.2) is 29.5 Å². The number of carbonyl (C=O) groups is 1. The Morgan fingerprint density at radius 1 is 0.971 bits per heavy atom. The van der Waals surface area contributed by atoms with Gasteiger partial charge in [0.25, 0.3) is 0 Å². The third-order valence-electron chi connectivity index (χ3n) is 6.04. The molecule has 178 valence electrons. The smallest absolute Gasteiger partial charge is 0.231 e. The lowest BCUT2D eigenvalue weighted by Crippen LogP contribution is -2.28. The van der Waals surface area contributed by atoms with E-state index in [0.717, 1.165) is 5.56 Å². The first-order chi connectivity index (χ1) is 17.0. The van der Waals surface area contributed by atoms with Crippen LogP contribution in [0, 0.1) is 0 Å². The van der Waals surface area contributed by atoms with Gasteiger partial charge in [0.1, 0.15) is 17.1 Å². The van der Waals surface area contributed by atoms with Crippen LogP contribution in [0.2, 0.25) is 0 Å². The predicted molar refractivity (Wildman–Crippen MR) is 128 cm³/mol. The number of hydrogen-bond donors (Lipinski definition) is 3. The molecule has 0 saturated carbocycles. The number of amides is 1. The van der Waals surface area contributed by atoms with Crippen molar-refractivity contribution >= 4 is 16.9 Å². The summed E-state index contributed by atoms with van der Waals surface area (Å²) in [5, 5.41) is 23.4. The predicted octanol–water partition coefficient (Wildman–Crippen LogP) is 3.81. The quantitative estimate of drug-likeness (QED) is 0.373. The Kier molecular flexibility index (Phi) is 6.01. The maximum atomic E-state index is 13.3. The molecule has 1 amide bonds. The fraction of sp³-hybridized carbons (Fsp3) is 0.185. The van der Waals surface area contributed by atoms with E-state index in [9.17, 15) is 19.8 Å². The molecule has 0 aliphatic carbocycles. The van der Waals surface area contributed by atoms with Crippen LogP contribution in [0.15, 0.2) is 76.1 Å². The van der Waals surface area contributed by atoms with Crippen LogP contribution in [0.1, 0.15) is 29.0 Å². The van der Waals surface area contributed by atoms with Gasteiger partial charge in [-0.1, -0.05) is 24.3 Å². The van der Waals surface area contributed by atoms with E-state index in [2.05, 4.69) is 5.32 Å². The van der Waals surface area contributed by atoms with Crippen LogP contribution in [0.5, 0.6) is 23.0 Å². The van der Waals surface area contributed by atoms with Crippen molar-refractivity contribution < 1.29 is 28.9 Å². The minimum Gasteiger partial charge on any atom is -0.508 e. The van der Waals surface area contributed by atoms with Gasteiger partial charge in [-0.25, -0.2) is 0 Å². The van der Waals surface area contributed by atoms with Crippen molar-refractivity contribution in [2.45, 2.75) is 18.8 Å². The Bertz CT molecular complexity index is 1440. The zero-order valence-electron chi connectivity index (χ0n) is 18.7. The van der Waals surface area contributed by atoms with Crippen LogP contribution in [0.3, 0.4) is 0 Å². The lowest BCUT2D eigenvalue weighted by Gasteiger charge is -2.19. The molecule has 2 heterocycles. The maximum Gasteiger partial charge on any atom is 0.231 e. The highest BCUT2D eigenvalue weighted by Gasteiger charge is 2.28. The molecule has 3 aromatic carbocycles. The molecule has 0 fully saturated rings. The number of carbonyl (C=O) groups excluding carboxylic acids is 1. The monoisotopic (exact) mass is 473 g/mol. The van der Waals surface area contributed by atoms with Gasteiger partial charge in [-0.3, -0.25) is 9.59 Å². The number of rotatable bonds is 7. The number of fused-ring (bicyclic) bond motifs is 2. The van der Waals surface area contributed by atoms with Crippen molar-refractivity contribution in [1.29, 1.82) is 0 Å². The molecule has 35 heavy (non-hydrogen) atoms. The normalized spacial score (nSPS) is 13.0. The van der Waals surface area contributed by atoms with E-state index >= 15 is 0 Å². The van der Waals surface area contributed by atoms with Crippen molar-refractivity contribution in [2.24, 2.45) is 0 Å². The molecule has 5 rings (SSSR count). The highest BCUT2D eigenvalue weighted by atomic mass is 16.7. The average Bonchev–Trinajstić information content (AvgIpc) is 3.31. The molecule has 0 bridgehead atoms. The molecule has 1 atom stereocenters. The molecule has 1 aromatic heterocycles. The molecule has 1 unspecified atom stereocenters. The van der Waals surface area contributed by atoms with Crippen molar-refractivity contribution in [2.75, 3.05) is 13.3 Å². The van der Waals surface area contributed by atoms with Gasteiger partial charge in [0.2, 0.25) is 12.7 Å². The number of nitrogens with one attached hydrogen (secondary N) is 1. The zero-order chi connectivity index (χ0) is 24.4. The topological polar surface area (TPSA) is 118 Å². The van der Waals surface area contributed by atoms with Gasteiger partial charge in [-0.2, -0.15) is 0 Å². The van der Waals surface area contributed by atoms with Gasteiger partial charge in [-0.15, -0.1) is 0 Å². The van der Waals surface area contributed by atoms with Crippen LogP contribution in [0.25, 0.3) is 11.0 Å². The molecule has 1 aliphatic rings. The van der Waals surface area contributed by atoms with E-state index in [4.69, 9.17) is 13.9 Å². The molecule has 8 heteroatoms. The summed E-state index contributed by atoms with van der Waals surface area (Å²) >= 11 is 0. The number of phenolic OH excluding ortho intramolecular Hbond substituents is 2. The van der Waals surface area contributed by atoms with E-state index in [1.807, 2.05) is 0 Å². The van der Waals surface area contributed by atoms with Gasteiger partial charge in [0.15, 0.2) is 16.9 Å². The fourth-order valence-corrected chi connectivity index (χ4v) is 4.21. The molecule has 1 aliphatic heterocycles. The van der Waals surface area contributed by atoms with Crippen molar-refractivity contribution in [1.82, 2.24) is 5.32 Å². The second kappa shape index (κ2) is 9.42. The van der Waals surface area contributed by atoms with Gasteiger partial charge in [0.05, 0.1) is 11.6 Å². The maximum absolute atomic E-state index is 13.3. The Hall–Kier alpha value is -4.46. The lowest BCUT2D eigenvalue weighted by atomic mass is 9.87. The zero-order valence-corrected chi connectivity index (χ0v) is 18.7. The van der Waals surface area contributed by atoms with E-state index < -0.39 is 5.92 Å².